The normalized spacial score (nSPS) is 12.1. The zero-order chi connectivity index (χ0) is 9.61. The summed E-state index contributed by atoms with van der Waals surface area (Å²) in [5.74, 6) is 0. The molecule has 0 amide bonds. The molecular weight excluding hydrogens is 168 g/mol. The van der Waals surface area contributed by atoms with Gasteiger partial charge in [-0.1, -0.05) is 13.8 Å². The Hall–Kier alpha value is -0.123. The van der Waals surface area contributed by atoms with Crippen LogP contribution in [0.15, 0.2) is 12.3 Å². The predicted octanol–water partition coefficient (Wildman–Crippen LogP) is 2.64. The molecule has 0 aromatic rings. The van der Waals surface area contributed by atoms with E-state index in [0.29, 0.717) is 18.8 Å². The zero-order valence-electron chi connectivity index (χ0n) is 8.59. The van der Waals surface area contributed by atoms with Gasteiger partial charge in [0.25, 0.3) is 0 Å². The third kappa shape index (κ3) is 2.73. The summed E-state index contributed by atoms with van der Waals surface area (Å²) in [7, 11) is -2.08. The quantitative estimate of drug-likeness (QED) is 0.597. The maximum absolute atomic E-state index is 5.68. The third-order valence-corrected chi connectivity index (χ3v) is 5.49. The second-order valence-electron chi connectivity index (χ2n) is 2.95. The molecule has 0 saturated carbocycles. The first-order valence-corrected chi connectivity index (χ1v) is 6.51. The molecule has 0 heterocycles. The molecule has 0 fully saturated rings. The fourth-order valence-corrected chi connectivity index (χ4v) is 3.54. The Morgan fingerprint density at radius 2 is 1.67 bits per heavy atom. The largest absolute Gasteiger partial charge is 0.391 e. The molecule has 12 heavy (non-hydrogen) atoms. The molecule has 2 nitrogen and oxygen atoms in total. The molecule has 0 aliphatic rings. The number of hydrogen-bond donors (Lipinski definition) is 0. The third-order valence-electron chi connectivity index (χ3n) is 1.83. The van der Waals surface area contributed by atoms with Crippen molar-refractivity contribution in [3.63, 3.8) is 0 Å². The van der Waals surface area contributed by atoms with E-state index in [1.807, 2.05) is 19.5 Å². The van der Waals surface area contributed by atoms with Crippen molar-refractivity contribution in [3.8, 4) is 0 Å². The minimum absolute atomic E-state index is 0.426. The van der Waals surface area contributed by atoms with Crippen LogP contribution >= 0.6 is 0 Å². The highest BCUT2D eigenvalue weighted by molar-refractivity contribution is 6.73. The molecule has 72 valence electrons. The fraction of sp³-hybridized carbons (Fsp3) is 0.778. The summed E-state index contributed by atoms with van der Waals surface area (Å²) < 4.78 is 11.4. The van der Waals surface area contributed by atoms with Gasteiger partial charge in [0.05, 0.1) is 0 Å². The van der Waals surface area contributed by atoms with Crippen LogP contribution in [0.3, 0.4) is 0 Å². The minimum atomic E-state index is -2.08. The van der Waals surface area contributed by atoms with Gasteiger partial charge in [0.1, 0.15) is 0 Å². The highest BCUT2D eigenvalue weighted by atomic mass is 28.4. The van der Waals surface area contributed by atoms with E-state index in [0.717, 1.165) is 0 Å². The average Bonchev–Trinajstić information content (AvgIpc) is 2.03. The monoisotopic (exact) mass is 188 g/mol. The van der Waals surface area contributed by atoms with E-state index in [4.69, 9.17) is 8.85 Å². The van der Waals surface area contributed by atoms with Gasteiger partial charge in [0, 0.05) is 18.8 Å². The molecule has 0 aliphatic heterocycles. The molecule has 0 saturated heterocycles. The predicted molar refractivity (Wildman–Crippen MR) is 54.3 cm³/mol. The van der Waals surface area contributed by atoms with Crippen LogP contribution in [0.1, 0.15) is 27.7 Å². The lowest BCUT2D eigenvalue weighted by Gasteiger charge is -2.30. The molecule has 0 N–H and O–H groups in total. The highest BCUT2D eigenvalue weighted by Gasteiger charge is 2.37. The van der Waals surface area contributed by atoms with Crippen molar-refractivity contribution < 1.29 is 8.85 Å². The minimum Gasteiger partial charge on any atom is -0.391 e. The summed E-state index contributed by atoms with van der Waals surface area (Å²) in [6, 6.07) is 0. The molecule has 0 aromatic carbocycles. The zero-order valence-corrected chi connectivity index (χ0v) is 9.59. The molecule has 0 aliphatic carbocycles. The van der Waals surface area contributed by atoms with Crippen molar-refractivity contribution >= 4 is 8.56 Å². The molecule has 0 aromatic heterocycles. The Morgan fingerprint density at radius 3 is 1.83 bits per heavy atom. The van der Waals surface area contributed by atoms with Crippen molar-refractivity contribution in [2.45, 2.75) is 33.2 Å². The standard InChI is InChI=1S/C9H20O2Si/c1-6-10-12(8-3,9(4)5)11-7-2/h8-9H,3,6-7H2,1-2,4-5H3. The highest BCUT2D eigenvalue weighted by Crippen LogP contribution is 2.24. The van der Waals surface area contributed by atoms with E-state index in [2.05, 4.69) is 20.4 Å². The van der Waals surface area contributed by atoms with Gasteiger partial charge in [0.2, 0.25) is 0 Å². The summed E-state index contributed by atoms with van der Waals surface area (Å²) in [4.78, 5) is 0. The van der Waals surface area contributed by atoms with E-state index in [1.54, 1.807) is 0 Å². The first kappa shape index (κ1) is 11.9. The Morgan fingerprint density at radius 1 is 1.25 bits per heavy atom. The van der Waals surface area contributed by atoms with E-state index in [-0.39, 0.29) is 0 Å². The SMILES string of the molecule is C=C[Si](OCC)(OCC)C(C)C. The van der Waals surface area contributed by atoms with Crippen LogP contribution in [-0.2, 0) is 8.85 Å². The van der Waals surface area contributed by atoms with Crippen LogP contribution in [0.4, 0.5) is 0 Å². The van der Waals surface area contributed by atoms with Crippen LogP contribution in [0, 0.1) is 0 Å². The molecule has 0 unspecified atom stereocenters. The van der Waals surface area contributed by atoms with Crippen LogP contribution in [0.25, 0.3) is 0 Å². The lowest BCUT2D eigenvalue weighted by atomic mass is 10.6. The van der Waals surface area contributed by atoms with Gasteiger partial charge >= 0.3 is 8.56 Å². The van der Waals surface area contributed by atoms with Crippen LogP contribution < -0.4 is 0 Å². The van der Waals surface area contributed by atoms with Gasteiger partial charge in [-0.3, -0.25) is 0 Å². The van der Waals surface area contributed by atoms with Crippen LogP contribution in [0.2, 0.25) is 5.54 Å². The summed E-state index contributed by atoms with van der Waals surface area (Å²) in [6.07, 6.45) is 0. The number of hydrogen-bond acceptors (Lipinski definition) is 2. The van der Waals surface area contributed by atoms with Crippen molar-refractivity contribution in [1.29, 1.82) is 0 Å². The first-order valence-electron chi connectivity index (χ1n) is 4.54. The Bertz CT molecular complexity index is 128. The van der Waals surface area contributed by atoms with Gasteiger partial charge in [0.15, 0.2) is 0 Å². The van der Waals surface area contributed by atoms with Crippen molar-refractivity contribution in [1.82, 2.24) is 0 Å². The Labute approximate surface area is 76.8 Å². The summed E-state index contributed by atoms with van der Waals surface area (Å²) >= 11 is 0. The first-order chi connectivity index (χ1) is 5.63. The maximum atomic E-state index is 5.68. The van der Waals surface area contributed by atoms with E-state index in [9.17, 15) is 0 Å². The smallest absolute Gasteiger partial charge is 0.367 e. The van der Waals surface area contributed by atoms with E-state index in [1.165, 1.54) is 0 Å². The summed E-state index contributed by atoms with van der Waals surface area (Å²) in [5.41, 5.74) is 2.31. The van der Waals surface area contributed by atoms with E-state index >= 15 is 0 Å². The van der Waals surface area contributed by atoms with Crippen molar-refractivity contribution in [2.75, 3.05) is 13.2 Å². The fourth-order valence-electron chi connectivity index (χ4n) is 1.18. The second kappa shape index (κ2) is 5.51. The van der Waals surface area contributed by atoms with E-state index < -0.39 is 8.56 Å². The molecule has 0 atom stereocenters. The van der Waals surface area contributed by atoms with Crippen LogP contribution in [-0.4, -0.2) is 21.8 Å². The maximum Gasteiger partial charge on any atom is 0.367 e. The van der Waals surface area contributed by atoms with Gasteiger partial charge in [-0.25, -0.2) is 0 Å². The number of rotatable bonds is 6. The van der Waals surface area contributed by atoms with Crippen molar-refractivity contribution in [2.24, 2.45) is 0 Å². The molecule has 3 heteroatoms. The molecule has 0 spiro atoms. The lowest BCUT2D eigenvalue weighted by Crippen LogP contribution is -2.43. The van der Waals surface area contributed by atoms with Crippen molar-refractivity contribution in [3.05, 3.63) is 12.3 Å². The van der Waals surface area contributed by atoms with Crippen LogP contribution in [0.5, 0.6) is 0 Å². The second-order valence-corrected chi connectivity index (χ2v) is 6.53. The molecule has 0 rings (SSSR count). The van der Waals surface area contributed by atoms with Gasteiger partial charge in [-0.2, -0.15) is 0 Å². The summed E-state index contributed by atoms with van der Waals surface area (Å²) in [6.45, 7) is 13.4. The van der Waals surface area contributed by atoms with Gasteiger partial charge < -0.3 is 8.85 Å². The summed E-state index contributed by atoms with van der Waals surface area (Å²) in [5, 5.41) is 0. The Kier molecular flexibility index (Phi) is 5.45. The molecule has 0 radical (unpaired) electrons. The topological polar surface area (TPSA) is 18.5 Å². The molecule has 0 bridgehead atoms. The van der Waals surface area contributed by atoms with Gasteiger partial charge in [-0.05, 0) is 19.5 Å². The lowest BCUT2D eigenvalue weighted by molar-refractivity contribution is 0.187. The molecular formula is C9H20O2Si. The van der Waals surface area contributed by atoms with Gasteiger partial charge in [-0.15, -0.1) is 6.58 Å². The average molecular weight is 188 g/mol. The Balaban J connectivity index is 4.38.